The van der Waals surface area contributed by atoms with Crippen LogP contribution in [0.1, 0.15) is 19.8 Å². The average molecular weight is 337 g/mol. The zero-order chi connectivity index (χ0) is 15.7. The van der Waals surface area contributed by atoms with Crippen molar-refractivity contribution in [1.29, 1.82) is 0 Å². The van der Waals surface area contributed by atoms with Crippen LogP contribution in [-0.4, -0.2) is 39.2 Å². The molecule has 7 heteroatoms. The summed E-state index contributed by atoms with van der Waals surface area (Å²) in [5.41, 5.74) is 0.677. The van der Waals surface area contributed by atoms with Crippen LogP contribution < -0.4 is 5.56 Å². The highest BCUT2D eigenvalue weighted by Gasteiger charge is 2.21. The van der Waals surface area contributed by atoms with E-state index in [1.54, 1.807) is 7.05 Å². The Hall–Kier alpha value is -1.34. The Kier molecular flexibility index (Phi) is 4.54. The molecule has 0 aliphatic carbocycles. The predicted molar refractivity (Wildman–Crippen MR) is 90.6 cm³/mol. The number of thiophene rings is 1. The van der Waals surface area contributed by atoms with Crippen LogP contribution in [0.2, 0.25) is 0 Å². The molecule has 0 N–H and O–H groups in total. The van der Waals surface area contributed by atoms with Crippen molar-refractivity contribution >= 4 is 39.2 Å². The first-order chi connectivity index (χ1) is 10.6. The summed E-state index contributed by atoms with van der Waals surface area (Å²) in [6.07, 6.45) is 2.27. The van der Waals surface area contributed by atoms with E-state index >= 15 is 0 Å². The van der Waals surface area contributed by atoms with Gasteiger partial charge in [-0.25, -0.2) is 4.98 Å². The van der Waals surface area contributed by atoms with Gasteiger partial charge in [-0.2, -0.15) is 0 Å². The molecule has 1 atom stereocenters. The number of rotatable bonds is 3. The Morgan fingerprint density at radius 3 is 3.14 bits per heavy atom. The van der Waals surface area contributed by atoms with Gasteiger partial charge in [0.2, 0.25) is 5.91 Å². The summed E-state index contributed by atoms with van der Waals surface area (Å²) in [6.45, 7) is 3.87. The van der Waals surface area contributed by atoms with Crippen LogP contribution in [0.5, 0.6) is 0 Å². The maximum atomic E-state index is 12.3. The third kappa shape index (κ3) is 3.05. The quantitative estimate of drug-likeness (QED) is 0.637. The molecule has 118 valence electrons. The van der Waals surface area contributed by atoms with Gasteiger partial charge in [0, 0.05) is 20.1 Å². The van der Waals surface area contributed by atoms with E-state index in [1.165, 1.54) is 34.1 Å². The normalized spacial score (nSPS) is 18.8. The van der Waals surface area contributed by atoms with Crippen LogP contribution in [0.25, 0.3) is 10.2 Å². The van der Waals surface area contributed by atoms with Gasteiger partial charge in [0.05, 0.1) is 11.3 Å². The molecule has 0 radical (unpaired) electrons. The minimum Gasteiger partial charge on any atom is -0.342 e. The highest BCUT2D eigenvalue weighted by Crippen LogP contribution is 2.22. The van der Waals surface area contributed by atoms with Crippen molar-refractivity contribution in [2.24, 2.45) is 13.0 Å². The summed E-state index contributed by atoms with van der Waals surface area (Å²) >= 11 is 2.75. The lowest BCUT2D eigenvalue weighted by Crippen LogP contribution is -2.40. The number of fused-ring (bicyclic) bond motifs is 1. The van der Waals surface area contributed by atoms with Crippen LogP contribution >= 0.6 is 23.1 Å². The van der Waals surface area contributed by atoms with E-state index < -0.39 is 0 Å². The van der Waals surface area contributed by atoms with Gasteiger partial charge in [-0.1, -0.05) is 18.7 Å². The first kappa shape index (κ1) is 15.6. The number of nitrogens with zero attached hydrogens (tertiary/aromatic N) is 3. The van der Waals surface area contributed by atoms with E-state index in [1.807, 2.05) is 16.3 Å². The van der Waals surface area contributed by atoms with Crippen LogP contribution in [-0.2, 0) is 11.8 Å². The van der Waals surface area contributed by atoms with Crippen molar-refractivity contribution in [3.63, 3.8) is 0 Å². The lowest BCUT2D eigenvalue weighted by atomic mass is 10.0. The minimum absolute atomic E-state index is 0.0402. The monoisotopic (exact) mass is 337 g/mol. The van der Waals surface area contributed by atoms with Crippen molar-refractivity contribution in [3.05, 3.63) is 21.8 Å². The van der Waals surface area contributed by atoms with Crippen molar-refractivity contribution in [2.45, 2.75) is 24.9 Å². The van der Waals surface area contributed by atoms with Crippen molar-refractivity contribution in [3.8, 4) is 0 Å². The SMILES string of the molecule is CC1CCCN(C(=O)CSc2nc3ccsc3c(=O)n2C)C1. The van der Waals surface area contributed by atoms with Crippen LogP contribution in [0.15, 0.2) is 21.4 Å². The second kappa shape index (κ2) is 6.42. The number of aromatic nitrogens is 2. The molecule has 1 fully saturated rings. The Balaban J connectivity index is 1.72. The van der Waals surface area contributed by atoms with Gasteiger partial charge < -0.3 is 4.90 Å². The van der Waals surface area contributed by atoms with Gasteiger partial charge in [-0.05, 0) is 30.2 Å². The molecule has 0 bridgehead atoms. The maximum absolute atomic E-state index is 12.3. The van der Waals surface area contributed by atoms with Gasteiger partial charge in [-0.3, -0.25) is 14.2 Å². The summed E-state index contributed by atoms with van der Waals surface area (Å²) < 4.78 is 2.21. The summed E-state index contributed by atoms with van der Waals surface area (Å²) in [5, 5.41) is 2.47. The van der Waals surface area contributed by atoms with E-state index in [0.717, 1.165) is 25.0 Å². The fourth-order valence-electron chi connectivity index (χ4n) is 2.73. The number of piperidine rings is 1. The molecular weight excluding hydrogens is 318 g/mol. The summed E-state index contributed by atoms with van der Waals surface area (Å²) in [7, 11) is 1.71. The molecule has 1 unspecified atom stereocenters. The van der Waals surface area contributed by atoms with E-state index in [9.17, 15) is 9.59 Å². The smallest absolute Gasteiger partial charge is 0.271 e. The number of carbonyl (C=O) groups excluding carboxylic acids is 1. The Bertz CT molecular complexity index is 753. The number of hydrogen-bond donors (Lipinski definition) is 0. The molecule has 1 amide bonds. The van der Waals surface area contributed by atoms with Crippen LogP contribution in [0.3, 0.4) is 0 Å². The molecule has 0 saturated carbocycles. The van der Waals surface area contributed by atoms with E-state index in [2.05, 4.69) is 11.9 Å². The third-order valence-corrected chi connectivity index (χ3v) is 5.89. The number of thioether (sulfide) groups is 1. The standard InChI is InChI=1S/C15H19N3O2S2/c1-10-4-3-6-18(8-10)12(19)9-22-15-16-11-5-7-21-13(11)14(20)17(15)2/h5,7,10H,3-4,6,8-9H2,1-2H3. The van der Waals surface area contributed by atoms with Gasteiger partial charge in [0.25, 0.3) is 5.56 Å². The minimum atomic E-state index is -0.0402. The van der Waals surface area contributed by atoms with E-state index in [0.29, 0.717) is 21.5 Å². The summed E-state index contributed by atoms with van der Waals surface area (Å²) in [4.78, 5) is 31.0. The molecule has 1 aliphatic rings. The molecule has 22 heavy (non-hydrogen) atoms. The lowest BCUT2D eigenvalue weighted by Gasteiger charge is -2.30. The molecule has 3 rings (SSSR count). The predicted octanol–water partition coefficient (Wildman–Crippen LogP) is 2.35. The second-order valence-electron chi connectivity index (χ2n) is 5.77. The molecule has 1 aliphatic heterocycles. The number of amides is 1. The zero-order valence-corrected chi connectivity index (χ0v) is 14.4. The second-order valence-corrected chi connectivity index (χ2v) is 7.63. The van der Waals surface area contributed by atoms with Crippen LogP contribution in [0.4, 0.5) is 0 Å². The molecule has 2 aromatic rings. The largest absolute Gasteiger partial charge is 0.342 e. The molecule has 3 heterocycles. The van der Waals surface area contributed by atoms with E-state index in [-0.39, 0.29) is 11.5 Å². The summed E-state index contributed by atoms with van der Waals surface area (Å²) in [6, 6.07) is 1.85. The summed E-state index contributed by atoms with van der Waals surface area (Å²) in [5.74, 6) is 1.05. The molecule has 0 aromatic carbocycles. The topological polar surface area (TPSA) is 55.2 Å². The molecule has 1 saturated heterocycles. The molecule has 2 aromatic heterocycles. The number of carbonyl (C=O) groups is 1. The highest BCUT2D eigenvalue weighted by atomic mass is 32.2. The van der Waals surface area contributed by atoms with E-state index in [4.69, 9.17) is 0 Å². The van der Waals surface area contributed by atoms with Gasteiger partial charge in [0.15, 0.2) is 5.16 Å². The number of likely N-dealkylation sites (tertiary alicyclic amines) is 1. The molecular formula is C15H19N3O2S2. The Labute approximate surface area is 137 Å². The molecule has 5 nitrogen and oxygen atoms in total. The molecule has 0 spiro atoms. The highest BCUT2D eigenvalue weighted by molar-refractivity contribution is 7.99. The maximum Gasteiger partial charge on any atom is 0.271 e. The Morgan fingerprint density at radius 2 is 2.36 bits per heavy atom. The van der Waals surface area contributed by atoms with Crippen molar-refractivity contribution in [1.82, 2.24) is 14.5 Å². The van der Waals surface area contributed by atoms with Gasteiger partial charge >= 0.3 is 0 Å². The zero-order valence-electron chi connectivity index (χ0n) is 12.7. The van der Waals surface area contributed by atoms with Crippen molar-refractivity contribution < 1.29 is 4.79 Å². The fourth-order valence-corrected chi connectivity index (χ4v) is 4.41. The van der Waals surface area contributed by atoms with Gasteiger partial charge in [-0.15, -0.1) is 11.3 Å². The lowest BCUT2D eigenvalue weighted by molar-refractivity contribution is -0.130. The number of hydrogen-bond acceptors (Lipinski definition) is 5. The first-order valence-electron chi connectivity index (χ1n) is 7.41. The first-order valence-corrected chi connectivity index (χ1v) is 9.27. The van der Waals surface area contributed by atoms with Crippen molar-refractivity contribution in [2.75, 3.05) is 18.8 Å². The Morgan fingerprint density at radius 1 is 1.55 bits per heavy atom. The van der Waals surface area contributed by atoms with Crippen LogP contribution in [0, 0.1) is 5.92 Å². The average Bonchev–Trinajstić information content (AvgIpc) is 2.97. The fraction of sp³-hybridized carbons (Fsp3) is 0.533. The third-order valence-electron chi connectivity index (χ3n) is 3.98. The van der Waals surface area contributed by atoms with Gasteiger partial charge in [0.1, 0.15) is 4.70 Å².